The Bertz CT molecular complexity index is 921. The van der Waals surface area contributed by atoms with Gasteiger partial charge in [0, 0.05) is 42.5 Å². The minimum Gasteiger partial charge on any atom is -0.356 e. The van der Waals surface area contributed by atoms with Crippen molar-refractivity contribution in [1.82, 2.24) is 9.88 Å². The zero-order chi connectivity index (χ0) is 20.1. The van der Waals surface area contributed by atoms with Crippen LogP contribution in [-0.2, 0) is 11.3 Å². The fourth-order valence-electron chi connectivity index (χ4n) is 3.78. The second-order valence-corrected chi connectivity index (χ2v) is 8.09. The van der Waals surface area contributed by atoms with Crippen LogP contribution in [0.15, 0.2) is 54.7 Å². The molecule has 1 heterocycles. The lowest BCUT2D eigenvalue weighted by Gasteiger charge is -2.18. The van der Waals surface area contributed by atoms with Crippen LogP contribution in [0.4, 0.5) is 0 Å². The van der Waals surface area contributed by atoms with Crippen LogP contribution >= 0.6 is 0 Å². The van der Waals surface area contributed by atoms with E-state index < -0.39 is 0 Å². The van der Waals surface area contributed by atoms with Gasteiger partial charge >= 0.3 is 0 Å². The Balaban J connectivity index is 1.95. The summed E-state index contributed by atoms with van der Waals surface area (Å²) < 4.78 is 2.28. The second kappa shape index (κ2) is 9.09. The molecule has 3 heteroatoms. The zero-order valence-electron chi connectivity index (χ0n) is 17.5. The largest absolute Gasteiger partial charge is 0.356 e. The minimum atomic E-state index is 0.0531. The topological polar surface area (TPSA) is 34.0 Å². The fraction of sp³-hybridized carbons (Fsp3) is 0.400. The van der Waals surface area contributed by atoms with Gasteiger partial charge in [-0.3, -0.25) is 4.79 Å². The van der Waals surface area contributed by atoms with Crippen LogP contribution in [0.25, 0.3) is 10.9 Å². The maximum atomic E-state index is 12.7. The molecule has 0 radical (unpaired) electrons. The molecule has 28 heavy (non-hydrogen) atoms. The van der Waals surface area contributed by atoms with E-state index in [9.17, 15) is 4.79 Å². The van der Waals surface area contributed by atoms with Crippen molar-refractivity contribution in [3.63, 3.8) is 0 Å². The standard InChI is InChI=1S/C25H32N2O/c1-5-27-17-23(21-8-6-7-9-24(21)27)22(20-12-10-19(4)11-13-20)16-25(28)26-15-14-18(2)3/h6-13,17-18,22H,5,14-16H2,1-4H3,(H,26,28)/t22-/m0/s1. The molecular formula is C25H32N2O. The Morgan fingerprint density at radius 3 is 2.46 bits per heavy atom. The average molecular weight is 377 g/mol. The van der Waals surface area contributed by atoms with E-state index in [2.05, 4.69) is 92.3 Å². The van der Waals surface area contributed by atoms with Gasteiger partial charge in [0.2, 0.25) is 5.91 Å². The first kappa shape index (κ1) is 20.2. The number of benzene rings is 2. The first-order valence-electron chi connectivity index (χ1n) is 10.4. The monoisotopic (exact) mass is 376 g/mol. The van der Waals surface area contributed by atoms with Gasteiger partial charge in [0.1, 0.15) is 0 Å². The van der Waals surface area contributed by atoms with Crippen molar-refractivity contribution in [3.8, 4) is 0 Å². The van der Waals surface area contributed by atoms with Gasteiger partial charge in [0.25, 0.3) is 0 Å². The molecule has 0 saturated carbocycles. The van der Waals surface area contributed by atoms with Crippen LogP contribution in [-0.4, -0.2) is 17.0 Å². The van der Waals surface area contributed by atoms with E-state index >= 15 is 0 Å². The van der Waals surface area contributed by atoms with E-state index in [4.69, 9.17) is 0 Å². The molecule has 0 spiro atoms. The summed E-state index contributed by atoms with van der Waals surface area (Å²) in [6.07, 6.45) is 3.71. The Morgan fingerprint density at radius 2 is 1.79 bits per heavy atom. The maximum absolute atomic E-state index is 12.7. The first-order chi connectivity index (χ1) is 13.5. The quantitative estimate of drug-likeness (QED) is 0.541. The summed E-state index contributed by atoms with van der Waals surface area (Å²) in [5, 5.41) is 4.36. The van der Waals surface area contributed by atoms with Crippen molar-refractivity contribution in [2.75, 3.05) is 6.54 Å². The van der Waals surface area contributed by atoms with Crippen LogP contribution in [0.1, 0.15) is 56.2 Å². The summed E-state index contributed by atoms with van der Waals surface area (Å²) in [6.45, 7) is 10.3. The molecule has 0 aliphatic rings. The highest BCUT2D eigenvalue weighted by atomic mass is 16.1. The number of hydrogen-bond donors (Lipinski definition) is 1. The van der Waals surface area contributed by atoms with E-state index in [1.54, 1.807) is 0 Å². The highest BCUT2D eigenvalue weighted by Gasteiger charge is 2.22. The Kier molecular flexibility index (Phi) is 6.56. The lowest BCUT2D eigenvalue weighted by molar-refractivity contribution is -0.121. The number of carbonyl (C=O) groups is 1. The summed E-state index contributed by atoms with van der Waals surface area (Å²) in [5.74, 6) is 0.771. The first-order valence-corrected chi connectivity index (χ1v) is 10.4. The van der Waals surface area contributed by atoms with E-state index in [0.717, 1.165) is 19.5 Å². The molecule has 3 rings (SSSR count). The van der Waals surface area contributed by atoms with E-state index in [1.807, 2.05) is 0 Å². The Hall–Kier alpha value is -2.55. The van der Waals surface area contributed by atoms with Crippen LogP contribution < -0.4 is 5.32 Å². The van der Waals surface area contributed by atoms with E-state index in [-0.39, 0.29) is 11.8 Å². The predicted octanol–water partition coefficient (Wildman–Crippen LogP) is 5.65. The van der Waals surface area contributed by atoms with Crippen molar-refractivity contribution >= 4 is 16.8 Å². The molecule has 1 N–H and O–H groups in total. The van der Waals surface area contributed by atoms with Gasteiger partial charge in [-0.15, -0.1) is 0 Å². The second-order valence-electron chi connectivity index (χ2n) is 8.09. The van der Waals surface area contributed by atoms with Crippen LogP contribution in [0.2, 0.25) is 0 Å². The van der Waals surface area contributed by atoms with Gasteiger partial charge in [0.15, 0.2) is 0 Å². The molecule has 2 aromatic carbocycles. The molecular weight excluding hydrogens is 344 g/mol. The van der Waals surface area contributed by atoms with Gasteiger partial charge < -0.3 is 9.88 Å². The molecule has 3 nitrogen and oxygen atoms in total. The van der Waals surface area contributed by atoms with E-state index in [1.165, 1.54) is 27.6 Å². The number of aryl methyl sites for hydroxylation is 2. The summed E-state index contributed by atoms with van der Waals surface area (Å²) in [7, 11) is 0. The summed E-state index contributed by atoms with van der Waals surface area (Å²) >= 11 is 0. The molecule has 1 aromatic heterocycles. The fourth-order valence-corrected chi connectivity index (χ4v) is 3.78. The van der Waals surface area contributed by atoms with Crippen molar-refractivity contribution in [2.45, 2.75) is 53.0 Å². The van der Waals surface area contributed by atoms with Crippen LogP contribution in [0.5, 0.6) is 0 Å². The number of aromatic nitrogens is 1. The molecule has 0 aliphatic carbocycles. The zero-order valence-corrected chi connectivity index (χ0v) is 17.5. The summed E-state index contributed by atoms with van der Waals surface area (Å²) in [6, 6.07) is 17.1. The van der Waals surface area contributed by atoms with Crippen molar-refractivity contribution in [1.29, 1.82) is 0 Å². The van der Waals surface area contributed by atoms with Gasteiger partial charge in [-0.05, 0) is 43.4 Å². The number of nitrogens with zero attached hydrogens (tertiary/aromatic N) is 1. The normalized spacial score (nSPS) is 12.5. The molecule has 1 amide bonds. The number of amides is 1. The Morgan fingerprint density at radius 1 is 1.07 bits per heavy atom. The number of carbonyl (C=O) groups excluding carboxylic acids is 1. The maximum Gasteiger partial charge on any atom is 0.220 e. The SMILES string of the molecule is CCn1cc([C@@H](CC(=O)NCCC(C)C)c2ccc(C)cc2)c2ccccc21. The smallest absolute Gasteiger partial charge is 0.220 e. The van der Waals surface area contributed by atoms with Crippen molar-refractivity contribution in [3.05, 3.63) is 71.4 Å². The lowest BCUT2D eigenvalue weighted by atomic mass is 9.87. The third-order valence-corrected chi connectivity index (χ3v) is 5.45. The lowest BCUT2D eigenvalue weighted by Crippen LogP contribution is -2.27. The number of nitrogens with one attached hydrogen (secondary N) is 1. The van der Waals surface area contributed by atoms with Gasteiger partial charge in [-0.2, -0.15) is 0 Å². The molecule has 0 saturated heterocycles. The highest BCUT2D eigenvalue weighted by molar-refractivity contribution is 5.86. The van der Waals surface area contributed by atoms with Gasteiger partial charge in [0.05, 0.1) is 0 Å². The number of rotatable bonds is 8. The summed E-state index contributed by atoms with van der Waals surface area (Å²) in [4.78, 5) is 12.7. The molecule has 0 aliphatic heterocycles. The van der Waals surface area contributed by atoms with Gasteiger partial charge in [-0.1, -0.05) is 61.9 Å². The minimum absolute atomic E-state index is 0.0531. The molecule has 1 atom stereocenters. The predicted molar refractivity (Wildman–Crippen MR) is 118 cm³/mol. The Labute approximate surface area is 168 Å². The highest BCUT2D eigenvalue weighted by Crippen LogP contribution is 2.35. The molecule has 148 valence electrons. The third kappa shape index (κ3) is 4.64. The number of fused-ring (bicyclic) bond motifs is 1. The van der Waals surface area contributed by atoms with Gasteiger partial charge in [-0.25, -0.2) is 0 Å². The summed E-state index contributed by atoms with van der Waals surface area (Å²) in [5.41, 5.74) is 4.90. The third-order valence-electron chi connectivity index (χ3n) is 5.45. The van der Waals surface area contributed by atoms with E-state index in [0.29, 0.717) is 12.3 Å². The molecule has 0 bridgehead atoms. The van der Waals surface area contributed by atoms with Crippen molar-refractivity contribution < 1.29 is 4.79 Å². The number of para-hydroxylation sites is 1. The molecule has 3 aromatic rings. The van der Waals surface area contributed by atoms with Crippen LogP contribution in [0.3, 0.4) is 0 Å². The van der Waals surface area contributed by atoms with Crippen molar-refractivity contribution in [2.24, 2.45) is 5.92 Å². The average Bonchev–Trinajstić information content (AvgIpc) is 3.05. The number of hydrogen-bond acceptors (Lipinski definition) is 1. The molecule has 0 fully saturated rings. The van der Waals surface area contributed by atoms with Crippen LogP contribution in [0, 0.1) is 12.8 Å². The molecule has 0 unspecified atom stereocenters.